The number of hydrogen-bond acceptors (Lipinski definition) is 2. The van der Waals surface area contributed by atoms with Crippen LogP contribution < -0.4 is 5.73 Å². The monoisotopic (exact) mass is 276 g/mol. The second kappa shape index (κ2) is 7.24. The molecule has 0 amide bonds. The first-order chi connectivity index (χ1) is 9.17. The standard InChI is InChI=1S/C18H32N2/c1-14(2)11-15-7-9-16(10-8-15)17(19)12-20(6)13-18(3,4)5/h7-10,14,17H,11-13,19H2,1-6H3. The van der Waals surface area contributed by atoms with Gasteiger partial charge in [0.25, 0.3) is 0 Å². The van der Waals surface area contributed by atoms with Gasteiger partial charge in [-0.1, -0.05) is 58.9 Å². The van der Waals surface area contributed by atoms with E-state index in [0.29, 0.717) is 11.3 Å². The predicted molar refractivity (Wildman–Crippen MR) is 88.9 cm³/mol. The van der Waals surface area contributed by atoms with Gasteiger partial charge < -0.3 is 10.6 Å². The predicted octanol–water partition coefficient (Wildman–Crippen LogP) is 3.86. The molecule has 0 spiro atoms. The van der Waals surface area contributed by atoms with Crippen molar-refractivity contribution in [1.82, 2.24) is 4.90 Å². The number of nitrogens with two attached hydrogens (primary N) is 1. The lowest BCUT2D eigenvalue weighted by Gasteiger charge is -2.28. The van der Waals surface area contributed by atoms with E-state index in [0.717, 1.165) is 19.5 Å². The second-order valence-electron chi connectivity index (χ2n) is 7.70. The fourth-order valence-corrected chi connectivity index (χ4v) is 2.69. The summed E-state index contributed by atoms with van der Waals surface area (Å²) in [5.74, 6) is 0.701. The Morgan fingerprint density at radius 1 is 1.10 bits per heavy atom. The Balaban J connectivity index is 2.57. The normalized spacial score (nSPS) is 14.1. The molecule has 0 heterocycles. The molecular formula is C18H32N2. The highest BCUT2D eigenvalue weighted by molar-refractivity contribution is 5.25. The van der Waals surface area contributed by atoms with E-state index in [-0.39, 0.29) is 6.04 Å². The first kappa shape index (κ1) is 17.2. The van der Waals surface area contributed by atoms with Crippen LogP contribution in [0, 0.1) is 11.3 Å². The molecule has 0 aliphatic heterocycles. The van der Waals surface area contributed by atoms with E-state index < -0.39 is 0 Å². The smallest absolute Gasteiger partial charge is 0.0424 e. The zero-order valence-corrected chi connectivity index (χ0v) is 14.1. The average Bonchev–Trinajstić information content (AvgIpc) is 2.26. The van der Waals surface area contributed by atoms with E-state index in [1.54, 1.807) is 0 Å². The minimum Gasteiger partial charge on any atom is -0.323 e. The number of nitrogens with zero attached hydrogens (tertiary/aromatic N) is 1. The van der Waals surface area contributed by atoms with Crippen LogP contribution in [-0.4, -0.2) is 25.0 Å². The van der Waals surface area contributed by atoms with Crippen molar-refractivity contribution in [2.45, 2.75) is 47.1 Å². The summed E-state index contributed by atoms with van der Waals surface area (Å²) in [7, 11) is 2.15. The molecular weight excluding hydrogens is 244 g/mol. The lowest BCUT2D eigenvalue weighted by atomic mass is 9.95. The van der Waals surface area contributed by atoms with Gasteiger partial charge in [-0.05, 0) is 35.9 Å². The van der Waals surface area contributed by atoms with Crippen LogP contribution in [0.25, 0.3) is 0 Å². The zero-order valence-electron chi connectivity index (χ0n) is 14.1. The van der Waals surface area contributed by atoms with Crippen LogP contribution in [0.3, 0.4) is 0 Å². The van der Waals surface area contributed by atoms with E-state index in [2.05, 4.69) is 70.8 Å². The Hall–Kier alpha value is -0.860. The first-order valence-corrected chi connectivity index (χ1v) is 7.70. The van der Waals surface area contributed by atoms with Crippen LogP contribution >= 0.6 is 0 Å². The van der Waals surface area contributed by atoms with Gasteiger partial charge >= 0.3 is 0 Å². The van der Waals surface area contributed by atoms with Crippen molar-refractivity contribution in [2.75, 3.05) is 20.1 Å². The molecule has 1 rings (SSSR count). The van der Waals surface area contributed by atoms with Gasteiger partial charge in [-0.2, -0.15) is 0 Å². The Kier molecular flexibility index (Phi) is 6.22. The van der Waals surface area contributed by atoms with Crippen molar-refractivity contribution >= 4 is 0 Å². The highest BCUT2D eigenvalue weighted by Crippen LogP contribution is 2.18. The summed E-state index contributed by atoms with van der Waals surface area (Å²) in [5, 5.41) is 0. The molecule has 0 aliphatic rings. The van der Waals surface area contributed by atoms with Gasteiger partial charge in [0.05, 0.1) is 0 Å². The maximum Gasteiger partial charge on any atom is 0.0424 e. The fourth-order valence-electron chi connectivity index (χ4n) is 2.69. The quantitative estimate of drug-likeness (QED) is 0.855. The average molecular weight is 276 g/mol. The maximum absolute atomic E-state index is 6.32. The van der Waals surface area contributed by atoms with Crippen LogP contribution in [-0.2, 0) is 6.42 Å². The van der Waals surface area contributed by atoms with Crippen LogP contribution in [0.2, 0.25) is 0 Å². The molecule has 20 heavy (non-hydrogen) atoms. The molecule has 2 nitrogen and oxygen atoms in total. The van der Waals surface area contributed by atoms with E-state index >= 15 is 0 Å². The van der Waals surface area contributed by atoms with Crippen LogP contribution in [0.15, 0.2) is 24.3 Å². The third-order valence-corrected chi connectivity index (χ3v) is 3.30. The molecule has 0 bridgehead atoms. The van der Waals surface area contributed by atoms with E-state index in [4.69, 9.17) is 5.73 Å². The minimum atomic E-state index is 0.0930. The zero-order chi connectivity index (χ0) is 15.3. The van der Waals surface area contributed by atoms with Gasteiger partial charge in [-0.3, -0.25) is 0 Å². The van der Waals surface area contributed by atoms with Gasteiger partial charge in [-0.25, -0.2) is 0 Å². The number of hydrogen-bond donors (Lipinski definition) is 1. The molecule has 2 N–H and O–H groups in total. The summed E-state index contributed by atoms with van der Waals surface area (Å²) < 4.78 is 0. The Bertz CT molecular complexity index is 387. The van der Waals surface area contributed by atoms with Gasteiger partial charge in [0, 0.05) is 19.1 Å². The molecule has 0 saturated carbocycles. The van der Waals surface area contributed by atoms with Crippen LogP contribution in [0.1, 0.15) is 51.8 Å². The Morgan fingerprint density at radius 2 is 1.65 bits per heavy atom. The van der Waals surface area contributed by atoms with Crippen molar-refractivity contribution in [3.63, 3.8) is 0 Å². The lowest BCUT2D eigenvalue weighted by molar-refractivity contribution is 0.217. The third kappa shape index (κ3) is 6.53. The maximum atomic E-state index is 6.32. The Morgan fingerprint density at radius 3 is 2.10 bits per heavy atom. The summed E-state index contributed by atoms with van der Waals surface area (Å²) in [4.78, 5) is 2.33. The fraction of sp³-hybridized carbons (Fsp3) is 0.667. The molecule has 1 atom stereocenters. The molecule has 1 unspecified atom stereocenters. The summed E-state index contributed by atoms with van der Waals surface area (Å²) in [6, 6.07) is 8.91. The van der Waals surface area contributed by atoms with Gasteiger partial charge in [-0.15, -0.1) is 0 Å². The van der Waals surface area contributed by atoms with Crippen molar-refractivity contribution < 1.29 is 0 Å². The lowest BCUT2D eigenvalue weighted by Crippen LogP contribution is -2.35. The molecule has 2 heteroatoms. The number of rotatable bonds is 6. The third-order valence-electron chi connectivity index (χ3n) is 3.30. The minimum absolute atomic E-state index is 0.0930. The highest BCUT2D eigenvalue weighted by Gasteiger charge is 2.16. The highest BCUT2D eigenvalue weighted by atomic mass is 15.1. The van der Waals surface area contributed by atoms with Gasteiger partial charge in [0.2, 0.25) is 0 Å². The van der Waals surface area contributed by atoms with Crippen molar-refractivity contribution in [1.29, 1.82) is 0 Å². The van der Waals surface area contributed by atoms with Gasteiger partial charge in [0.1, 0.15) is 0 Å². The number of benzene rings is 1. The molecule has 0 saturated heterocycles. The topological polar surface area (TPSA) is 29.3 Å². The molecule has 1 aromatic rings. The summed E-state index contributed by atoms with van der Waals surface area (Å²) in [6.45, 7) is 13.2. The molecule has 0 aromatic heterocycles. The molecule has 1 aromatic carbocycles. The number of likely N-dealkylation sites (N-methyl/N-ethyl adjacent to an activating group) is 1. The van der Waals surface area contributed by atoms with Crippen LogP contribution in [0.5, 0.6) is 0 Å². The van der Waals surface area contributed by atoms with E-state index in [1.807, 2.05) is 0 Å². The molecule has 0 radical (unpaired) electrons. The summed E-state index contributed by atoms with van der Waals surface area (Å²) in [6.07, 6.45) is 1.14. The summed E-state index contributed by atoms with van der Waals surface area (Å²) in [5.41, 5.74) is 9.28. The van der Waals surface area contributed by atoms with E-state index in [1.165, 1.54) is 11.1 Å². The van der Waals surface area contributed by atoms with E-state index in [9.17, 15) is 0 Å². The molecule has 114 valence electrons. The van der Waals surface area contributed by atoms with Crippen molar-refractivity contribution in [2.24, 2.45) is 17.1 Å². The second-order valence-corrected chi connectivity index (χ2v) is 7.70. The first-order valence-electron chi connectivity index (χ1n) is 7.70. The summed E-state index contributed by atoms with van der Waals surface area (Å²) >= 11 is 0. The molecule has 0 fully saturated rings. The van der Waals surface area contributed by atoms with Crippen molar-refractivity contribution in [3.8, 4) is 0 Å². The van der Waals surface area contributed by atoms with Gasteiger partial charge in [0.15, 0.2) is 0 Å². The Labute approximate surface area is 125 Å². The molecule has 0 aliphatic carbocycles. The van der Waals surface area contributed by atoms with Crippen molar-refractivity contribution in [3.05, 3.63) is 35.4 Å². The van der Waals surface area contributed by atoms with Crippen LogP contribution in [0.4, 0.5) is 0 Å². The SMILES string of the molecule is CC(C)Cc1ccc(C(N)CN(C)CC(C)(C)C)cc1. The largest absolute Gasteiger partial charge is 0.323 e.